The number of imidazole rings is 1. The van der Waals surface area contributed by atoms with Crippen molar-refractivity contribution < 1.29 is 9.53 Å². The van der Waals surface area contributed by atoms with Crippen LogP contribution < -0.4 is 5.73 Å². The Labute approximate surface area is 126 Å². The summed E-state index contributed by atoms with van der Waals surface area (Å²) >= 11 is 0. The van der Waals surface area contributed by atoms with Crippen molar-refractivity contribution in [2.75, 3.05) is 12.3 Å². The normalized spacial score (nSPS) is 22.2. The van der Waals surface area contributed by atoms with Gasteiger partial charge in [-0.05, 0) is 38.5 Å². The summed E-state index contributed by atoms with van der Waals surface area (Å²) < 4.78 is 6.94. The number of ether oxygens (including phenoxy) is 1. The van der Waals surface area contributed by atoms with Crippen molar-refractivity contribution in [3.05, 3.63) is 11.5 Å². The molecule has 0 saturated heterocycles. The molecule has 2 atom stereocenters. The van der Waals surface area contributed by atoms with Crippen LogP contribution in [0.1, 0.15) is 62.3 Å². The van der Waals surface area contributed by atoms with Gasteiger partial charge in [0.05, 0.1) is 6.61 Å². The highest BCUT2D eigenvalue weighted by molar-refractivity contribution is 5.92. The van der Waals surface area contributed by atoms with Crippen LogP contribution in [0.2, 0.25) is 0 Å². The fraction of sp³-hybridized carbons (Fsp3) is 0.750. The average molecular weight is 293 g/mol. The van der Waals surface area contributed by atoms with Crippen LogP contribution in [0.25, 0.3) is 0 Å². The number of aromatic nitrogens is 2. The molecule has 0 radical (unpaired) electrons. The van der Waals surface area contributed by atoms with Crippen LogP contribution in [0.15, 0.2) is 0 Å². The molecule has 0 aromatic carbocycles. The first-order valence-electron chi connectivity index (χ1n) is 8.02. The Hall–Kier alpha value is -1.52. The van der Waals surface area contributed by atoms with Crippen LogP contribution in [0.5, 0.6) is 0 Å². The number of hydrogen-bond donors (Lipinski definition) is 1. The zero-order valence-electron chi connectivity index (χ0n) is 13.4. The lowest BCUT2D eigenvalue weighted by Gasteiger charge is -2.27. The number of esters is 1. The number of nitrogens with zero attached hydrogens (tertiary/aromatic N) is 2. The average Bonchev–Trinajstić information content (AvgIpc) is 2.72. The van der Waals surface area contributed by atoms with E-state index in [9.17, 15) is 4.79 Å². The minimum atomic E-state index is -0.428. The molecule has 1 aliphatic carbocycles. The third-order valence-corrected chi connectivity index (χ3v) is 4.47. The molecule has 0 bridgehead atoms. The number of carbonyl (C=O) groups is 1. The molecule has 1 saturated carbocycles. The van der Waals surface area contributed by atoms with E-state index < -0.39 is 5.97 Å². The molecule has 1 fully saturated rings. The van der Waals surface area contributed by atoms with Gasteiger partial charge in [-0.1, -0.05) is 26.2 Å². The molecule has 118 valence electrons. The molecule has 1 aliphatic rings. The molecule has 5 heteroatoms. The van der Waals surface area contributed by atoms with Crippen molar-refractivity contribution >= 4 is 11.8 Å². The Balaban J connectivity index is 2.01. The van der Waals surface area contributed by atoms with Crippen LogP contribution in [0.4, 0.5) is 5.82 Å². The molecule has 21 heavy (non-hydrogen) atoms. The van der Waals surface area contributed by atoms with Crippen LogP contribution >= 0.6 is 0 Å². The molecule has 1 aromatic rings. The van der Waals surface area contributed by atoms with Gasteiger partial charge in [-0.3, -0.25) is 0 Å². The highest BCUT2D eigenvalue weighted by Crippen LogP contribution is 2.31. The maximum atomic E-state index is 11.8. The lowest BCUT2D eigenvalue weighted by atomic mass is 9.81. The molecule has 2 N–H and O–H groups in total. The lowest BCUT2D eigenvalue weighted by molar-refractivity contribution is 0.0521. The first-order valence-corrected chi connectivity index (χ1v) is 8.02. The number of nitrogen functional groups attached to an aromatic ring is 1. The molecule has 1 heterocycles. The van der Waals surface area contributed by atoms with Gasteiger partial charge in [-0.15, -0.1) is 0 Å². The number of nitrogens with two attached hydrogens (primary N) is 1. The predicted octanol–water partition coefficient (Wildman–Crippen LogP) is 3.17. The van der Waals surface area contributed by atoms with E-state index in [0.717, 1.165) is 30.6 Å². The molecule has 5 nitrogen and oxygen atoms in total. The second-order valence-electron chi connectivity index (χ2n) is 6.19. The number of rotatable bonds is 5. The smallest absolute Gasteiger partial charge is 0.360 e. The van der Waals surface area contributed by atoms with Crippen molar-refractivity contribution in [1.29, 1.82) is 0 Å². The summed E-state index contributed by atoms with van der Waals surface area (Å²) in [6, 6.07) is 0. The summed E-state index contributed by atoms with van der Waals surface area (Å²) in [4.78, 5) is 16.1. The van der Waals surface area contributed by atoms with Crippen LogP contribution in [-0.4, -0.2) is 22.1 Å². The van der Waals surface area contributed by atoms with Gasteiger partial charge in [-0.2, -0.15) is 0 Å². The third kappa shape index (κ3) is 3.77. The van der Waals surface area contributed by atoms with E-state index in [0.29, 0.717) is 12.4 Å². The van der Waals surface area contributed by atoms with Gasteiger partial charge >= 0.3 is 5.97 Å². The molecule has 1 aromatic heterocycles. The Morgan fingerprint density at radius 3 is 2.90 bits per heavy atom. The minimum absolute atomic E-state index is 0.256. The van der Waals surface area contributed by atoms with Crippen LogP contribution in [0, 0.1) is 18.8 Å². The predicted molar refractivity (Wildman–Crippen MR) is 83.1 cm³/mol. The zero-order chi connectivity index (χ0) is 15.4. The van der Waals surface area contributed by atoms with Crippen molar-refractivity contribution in [2.24, 2.45) is 11.8 Å². The largest absolute Gasteiger partial charge is 0.461 e. The van der Waals surface area contributed by atoms with E-state index in [1.165, 1.54) is 25.7 Å². The second kappa shape index (κ2) is 6.96. The molecule has 0 aliphatic heterocycles. The highest BCUT2D eigenvalue weighted by atomic mass is 16.5. The summed E-state index contributed by atoms with van der Waals surface area (Å²) in [6.07, 6.45) is 6.41. The monoisotopic (exact) mass is 293 g/mol. The standard InChI is InChI=1S/C16H27N3O2/c1-4-21-16(20)14-15(17)19(12(3)18-14)9-8-13-7-5-6-11(2)10-13/h11,13H,4-10,17H2,1-3H3. The van der Waals surface area contributed by atoms with E-state index in [2.05, 4.69) is 11.9 Å². The van der Waals surface area contributed by atoms with Crippen molar-refractivity contribution in [1.82, 2.24) is 9.55 Å². The summed E-state index contributed by atoms with van der Waals surface area (Å²) in [5.41, 5.74) is 6.33. The quantitative estimate of drug-likeness (QED) is 0.847. The number of hydrogen-bond acceptors (Lipinski definition) is 4. The second-order valence-corrected chi connectivity index (χ2v) is 6.19. The van der Waals surface area contributed by atoms with Gasteiger partial charge in [0.15, 0.2) is 5.69 Å². The fourth-order valence-corrected chi connectivity index (χ4v) is 3.35. The Bertz CT molecular complexity index is 496. The van der Waals surface area contributed by atoms with Crippen LogP contribution in [0.3, 0.4) is 0 Å². The summed E-state index contributed by atoms with van der Waals surface area (Å²) in [7, 11) is 0. The third-order valence-electron chi connectivity index (χ3n) is 4.47. The molecule has 0 spiro atoms. The molecular formula is C16H27N3O2. The maximum absolute atomic E-state index is 11.8. The molecule has 2 unspecified atom stereocenters. The van der Waals surface area contributed by atoms with Gasteiger partial charge in [0.2, 0.25) is 0 Å². The van der Waals surface area contributed by atoms with E-state index in [1.807, 2.05) is 11.5 Å². The van der Waals surface area contributed by atoms with Gasteiger partial charge < -0.3 is 15.0 Å². The van der Waals surface area contributed by atoms with Gasteiger partial charge in [-0.25, -0.2) is 9.78 Å². The van der Waals surface area contributed by atoms with Gasteiger partial charge in [0.1, 0.15) is 11.6 Å². The number of aryl methyl sites for hydroxylation is 1. The first kappa shape index (κ1) is 15.9. The number of anilines is 1. The summed E-state index contributed by atoms with van der Waals surface area (Å²) in [5, 5.41) is 0. The SMILES string of the molecule is CCOC(=O)c1nc(C)n(CCC2CCCC(C)C2)c1N. The topological polar surface area (TPSA) is 70.1 Å². The summed E-state index contributed by atoms with van der Waals surface area (Å²) in [5.74, 6) is 2.40. The Kier molecular flexibility index (Phi) is 5.26. The highest BCUT2D eigenvalue weighted by Gasteiger charge is 2.22. The van der Waals surface area contributed by atoms with Crippen molar-refractivity contribution in [2.45, 2.75) is 59.4 Å². The number of carbonyl (C=O) groups excluding carboxylic acids is 1. The fourth-order valence-electron chi connectivity index (χ4n) is 3.35. The lowest BCUT2D eigenvalue weighted by Crippen LogP contribution is -2.16. The molecular weight excluding hydrogens is 266 g/mol. The summed E-state index contributed by atoms with van der Waals surface area (Å²) in [6.45, 7) is 7.18. The Morgan fingerprint density at radius 1 is 1.48 bits per heavy atom. The zero-order valence-corrected chi connectivity index (χ0v) is 13.4. The molecule has 2 rings (SSSR count). The van der Waals surface area contributed by atoms with E-state index in [4.69, 9.17) is 10.5 Å². The molecule has 0 amide bonds. The van der Waals surface area contributed by atoms with E-state index in [1.54, 1.807) is 6.92 Å². The van der Waals surface area contributed by atoms with E-state index >= 15 is 0 Å². The van der Waals surface area contributed by atoms with Gasteiger partial charge in [0, 0.05) is 6.54 Å². The van der Waals surface area contributed by atoms with Crippen LogP contribution in [-0.2, 0) is 11.3 Å². The van der Waals surface area contributed by atoms with Crippen molar-refractivity contribution in [3.8, 4) is 0 Å². The maximum Gasteiger partial charge on any atom is 0.360 e. The van der Waals surface area contributed by atoms with Gasteiger partial charge in [0.25, 0.3) is 0 Å². The first-order chi connectivity index (χ1) is 10.0. The van der Waals surface area contributed by atoms with Crippen molar-refractivity contribution in [3.63, 3.8) is 0 Å². The van der Waals surface area contributed by atoms with E-state index in [-0.39, 0.29) is 5.69 Å². The Morgan fingerprint density at radius 2 is 2.24 bits per heavy atom. The minimum Gasteiger partial charge on any atom is -0.461 e.